The van der Waals surface area contributed by atoms with Gasteiger partial charge in [0.1, 0.15) is 11.5 Å². The number of aromatic hydroxyl groups is 1. The first-order valence-electron chi connectivity index (χ1n) is 10.2. The molecule has 0 amide bonds. The van der Waals surface area contributed by atoms with Crippen molar-refractivity contribution in [2.24, 2.45) is 25.7 Å². The number of furan rings is 1. The third kappa shape index (κ3) is 10.1. The highest BCUT2D eigenvalue weighted by molar-refractivity contribution is 7.91. The summed E-state index contributed by atoms with van der Waals surface area (Å²) in [5.41, 5.74) is -0.116. The van der Waals surface area contributed by atoms with E-state index in [4.69, 9.17) is 15.4 Å². The van der Waals surface area contributed by atoms with Crippen LogP contribution in [-0.2, 0) is 26.8 Å². The maximum atomic E-state index is 11.8. The zero-order valence-corrected chi connectivity index (χ0v) is 22.8. The summed E-state index contributed by atoms with van der Waals surface area (Å²) >= 11 is 0.652. The Morgan fingerprint density at radius 2 is 1.77 bits per heavy atom. The maximum Gasteiger partial charge on any atom is 0.367 e. The number of nitrogens with zero attached hydrogens (tertiary/aromatic N) is 3. The van der Waals surface area contributed by atoms with Crippen molar-refractivity contribution in [2.75, 3.05) is 5.32 Å². The van der Waals surface area contributed by atoms with E-state index >= 15 is 0 Å². The first-order valence-corrected chi connectivity index (χ1v) is 14.0. The second-order valence-electron chi connectivity index (χ2n) is 7.13. The molecule has 0 atom stereocenters. The Morgan fingerprint density at radius 3 is 2.20 bits per heavy atom. The van der Waals surface area contributed by atoms with Gasteiger partial charge >= 0.3 is 10.2 Å². The zero-order chi connectivity index (χ0) is 27.6. The molecule has 6 N–H and O–H groups in total. The van der Waals surface area contributed by atoms with Crippen molar-refractivity contribution in [1.82, 2.24) is 5.01 Å². The van der Waals surface area contributed by atoms with E-state index in [2.05, 4.69) is 47.7 Å². The maximum absolute atomic E-state index is 11.8. The van der Waals surface area contributed by atoms with E-state index in [0.29, 0.717) is 22.9 Å². The molecule has 0 fully saturated rings. The summed E-state index contributed by atoms with van der Waals surface area (Å²) in [7, 11) is -8.34. The molecule has 15 heteroatoms. The van der Waals surface area contributed by atoms with Crippen LogP contribution in [0, 0.1) is 25.7 Å². The fourth-order valence-electron chi connectivity index (χ4n) is 2.16. The number of terminal acetylenes is 1. The fraction of sp³-hybridized carbons (Fsp3) is 0.400. The largest absolute Gasteiger partial charge is 0.504 e. The summed E-state index contributed by atoms with van der Waals surface area (Å²) < 4.78 is 58.1. The minimum absolute atomic E-state index is 0.0130. The Labute approximate surface area is 211 Å². The number of hydrazine groups is 1. The van der Waals surface area contributed by atoms with Gasteiger partial charge in [0.2, 0.25) is 5.84 Å². The van der Waals surface area contributed by atoms with Crippen molar-refractivity contribution in [3.8, 4) is 18.6 Å². The molecule has 12 nitrogen and oxygen atoms in total. The monoisotopic (exact) mass is 548 g/mol. The molecule has 196 valence electrons. The van der Waals surface area contributed by atoms with Crippen LogP contribution in [0.2, 0.25) is 0 Å². The second kappa shape index (κ2) is 13.9. The molecule has 0 aliphatic carbocycles. The topological polar surface area (TPSA) is 194 Å². The predicted octanol–water partition coefficient (Wildman–Crippen LogP) is 2.78. The molecular formula is C20H32N6O6S3. The van der Waals surface area contributed by atoms with Gasteiger partial charge in [0.25, 0.3) is 10.0 Å². The molecule has 2 aromatic heterocycles. The van der Waals surface area contributed by atoms with Crippen LogP contribution in [0.25, 0.3) is 0 Å². The molecule has 0 unspecified atom stereocenters. The van der Waals surface area contributed by atoms with Crippen LogP contribution in [0.5, 0.6) is 5.75 Å². The Hall–Kier alpha value is -2.90. The SMILES string of the molecule is C#C.CC.CC(C)C.Cc1ccc(CN(N)C2=NS(=O)(=O)N=C2Nc2csc(S(N)(=O)=O)c2O)o1. The van der Waals surface area contributed by atoms with Crippen molar-refractivity contribution in [1.29, 1.82) is 0 Å². The van der Waals surface area contributed by atoms with Gasteiger partial charge in [-0.1, -0.05) is 34.6 Å². The highest BCUT2D eigenvalue weighted by Gasteiger charge is 2.30. The molecule has 35 heavy (non-hydrogen) atoms. The second-order valence-corrected chi connectivity index (χ2v) is 11.0. The van der Waals surface area contributed by atoms with Crippen LogP contribution in [0.3, 0.4) is 0 Å². The number of hydrogen-bond acceptors (Lipinski definition) is 10. The Kier molecular flexibility index (Phi) is 12.7. The van der Waals surface area contributed by atoms with Gasteiger partial charge in [-0.3, -0.25) is 5.01 Å². The number of aryl methyl sites for hydroxylation is 1. The van der Waals surface area contributed by atoms with Gasteiger partial charge in [-0.25, -0.2) is 19.4 Å². The first kappa shape index (κ1) is 32.1. The number of hydrogen-bond donors (Lipinski definition) is 4. The van der Waals surface area contributed by atoms with Gasteiger partial charge < -0.3 is 14.8 Å². The van der Waals surface area contributed by atoms with Gasteiger partial charge in [0, 0.05) is 5.38 Å². The van der Waals surface area contributed by atoms with E-state index in [-0.39, 0.29) is 23.9 Å². The quantitative estimate of drug-likeness (QED) is 0.252. The lowest BCUT2D eigenvalue weighted by Crippen LogP contribution is -2.42. The van der Waals surface area contributed by atoms with E-state index in [0.717, 1.165) is 10.9 Å². The van der Waals surface area contributed by atoms with Gasteiger partial charge in [-0.15, -0.1) is 33.0 Å². The van der Waals surface area contributed by atoms with Crippen LogP contribution in [0.1, 0.15) is 46.1 Å². The summed E-state index contributed by atoms with van der Waals surface area (Å²) in [4.78, 5) is 0. The van der Waals surface area contributed by atoms with Crippen LogP contribution >= 0.6 is 11.3 Å². The van der Waals surface area contributed by atoms with Crippen molar-refractivity contribution in [3.05, 3.63) is 29.0 Å². The summed E-state index contributed by atoms with van der Waals surface area (Å²) in [6.45, 7) is 12.2. The van der Waals surface area contributed by atoms with Gasteiger partial charge in [0.05, 0.1) is 12.2 Å². The van der Waals surface area contributed by atoms with E-state index in [1.54, 1.807) is 19.1 Å². The average molecular weight is 549 g/mol. The van der Waals surface area contributed by atoms with Crippen molar-refractivity contribution < 1.29 is 26.4 Å². The Balaban J connectivity index is 0.00000129. The number of nitrogens with two attached hydrogens (primary N) is 2. The van der Waals surface area contributed by atoms with E-state index in [1.807, 2.05) is 13.8 Å². The molecular weight excluding hydrogens is 516 g/mol. The van der Waals surface area contributed by atoms with Crippen LogP contribution in [-0.4, -0.2) is 38.6 Å². The van der Waals surface area contributed by atoms with Gasteiger partial charge in [-0.2, -0.15) is 8.42 Å². The molecule has 3 heterocycles. The summed E-state index contributed by atoms with van der Waals surface area (Å²) in [6.07, 6.45) is 8.00. The lowest BCUT2D eigenvalue weighted by Gasteiger charge is -2.17. The van der Waals surface area contributed by atoms with E-state index in [1.165, 1.54) is 5.38 Å². The molecule has 2 aromatic rings. The summed E-state index contributed by atoms with van der Waals surface area (Å²) in [6, 6.07) is 3.37. The number of thiophene rings is 1. The lowest BCUT2D eigenvalue weighted by atomic mass is 10.3. The molecule has 1 aliphatic heterocycles. The van der Waals surface area contributed by atoms with E-state index in [9.17, 15) is 21.9 Å². The number of sulfonamides is 1. The number of primary sulfonamides is 1. The van der Waals surface area contributed by atoms with Crippen molar-refractivity contribution in [3.63, 3.8) is 0 Å². The molecule has 0 bridgehead atoms. The molecule has 1 aliphatic rings. The van der Waals surface area contributed by atoms with Crippen LogP contribution in [0.15, 0.2) is 34.9 Å². The molecule has 0 saturated heterocycles. The standard InChI is InChI=1S/C12H14N6O6S3.C4H10.C2H6.C2H2/c1-6-2-3-7(24-6)4-18(13)11-10(16-27(22,23)17-11)15-8-5-25-12(9(8)19)26(14,20)21;1-4(2)3;2*1-2/h2-3,5,19H,4,13H2,1H3,(H,15,16)(H2,14,20,21);4H,1-3H3;1-2H3;1-2H. The summed E-state index contributed by atoms with van der Waals surface area (Å²) in [5, 5.41) is 19.7. The predicted molar refractivity (Wildman–Crippen MR) is 140 cm³/mol. The smallest absolute Gasteiger partial charge is 0.367 e. The third-order valence-corrected chi connectivity index (χ3v) is 6.53. The number of nitrogens with one attached hydrogen (secondary N) is 1. The number of rotatable bonds is 4. The normalized spacial score (nSPS) is 13.7. The van der Waals surface area contributed by atoms with Crippen LogP contribution < -0.4 is 16.3 Å². The molecule has 3 rings (SSSR count). The first-order chi connectivity index (χ1) is 16.2. The number of amidine groups is 2. The fourth-order valence-corrected chi connectivity index (χ4v) is 4.65. The highest BCUT2D eigenvalue weighted by atomic mass is 32.2. The van der Waals surface area contributed by atoms with Gasteiger partial charge in [0.15, 0.2) is 15.8 Å². The average Bonchev–Trinajstić information content (AvgIpc) is 3.41. The molecule has 0 spiro atoms. The Bertz CT molecular complexity index is 1250. The zero-order valence-electron chi connectivity index (χ0n) is 20.4. The third-order valence-electron chi connectivity index (χ3n) is 3.26. The minimum Gasteiger partial charge on any atom is -0.504 e. The molecule has 0 radical (unpaired) electrons. The van der Waals surface area contributed by atoms with E-state index < -0.39 is 30.2 Å². The highest BCUT2D eigenvalue weighted by Crippen LogP contribution is 2.37. The van der Waals surface area contributed by atoms with Crippen molar-refractivity contribution >= 4 is 48.9 Å². The van der Waals surface area contributed by atoms with Gasteiger partial charge in [-0.05, 0) is 25.0 Å². The summed E-state index contributed by atoms with van der Waals surface area (Å²) in [5.74, 6) is 6.60. The van der Waals surface area contributed by atoms with Crippen LogP contribution in [0.4, 0.5) is 5.69 Å². The minimum atomic E-state index is -4.19. The molecule has 0 aromatic carbocycles. The number of anilines is 1. The van der Waals surface area contributed by atoms with Crippen molar-refractivity contribution in [2.45, 2.75) is 52.3 Å². The molecule has 0 saturated carbocycles. The Morgan fingerprint density at radius 1 is 1.23 bits per heavy atom. The lowest BCUT2D eigenvalue weighted by molar-refractivity contribution is 0.370.